The van der Waals surface area contributed by atoms with Gasteiger partial charge in [0.1, 0.15) is 5.70 Å². The molecule has 108 valence electrons. The van der Waals surface area contributed by atoms with E-state index in [2.05, 4.69) is 5.32 Å². The number of aryl methyl sites for hydroxylation is 2. The number of benzene rings is 1. The number of imide groups is 1. The molecule has 1 fully saturated rings. The SMILES string of the molecule is CN1C(=O)N/C(=C/c2ccc3c(c2)n(C)c(=O)n3C)C1=O. The molecule has 3 amide bonds. The van der Waals surface area contributed by atoms with Crippen LogP contribution in [0.1, 0.15) is 5.56 Å². The maximum atomic E-state index is 11.9. The molecule has 2 aromatic rings. The first kappa shape index (κ1) is 13.2. The van der Waals surface area contributed by atoms with Gasteiger partial charge in [0.05, 0.1) is 11.0 Å². The predicted octanol–water partition coefficient (Wildman–Crippen LogP) is 0.399. The van der Waals surface area contributed by atoms with Gasteiger partial charge in [-0.05, 0) is 23.8 Å². The van der Waals surface area contributed by atoms with Crippen molar-refractivity contribution in [2.45, 2.75) is 0 Å². The summed E-state index contributed by atoms with van der Waals surface area (Å²) in [6.45, 7) is 0. The molecule has 0 spiro atoms. The summed E-state index contributed by atoms with van der Waals surface area (Å²) in [7, 11) is 4.82. The zero-order valence-electron chi connectivity index (χ0n) is 11.9. The van der Waals surface area contributed by atoms with E-state index < -0.39 is 6.03 Å². The third-order valence-corrected chi connectivity index (χ3v) is 3.69. The number of imidazole rings is 1. The summed E-state index contributed by atoms with van der Waals surface area (Å²) >= 11 is 0. The first-order valence-corrected chi connectivity index (χ1v) is 6.36. The van der Waals surface area contributed by atoms with Crippen molar-refractivity contribution in [3.8, 4) is 0 Å². The lowest BCUT2D eigenvalue weighted by molar-refractivity contribution is -0.121. The van der Waals surface area contributed by atoms with Crippen LogP contribution in [0.3, 0.4) is 0 Å². The van der Waals surface area contributed by atoms with Crippen LogP contribution in [0.15, 0.2) is 28.7 Å². The van der Waals surface area contributed by atoms with Gasteiger partial charge >= 0.3 is 11.7 Å². The second-order valence-corrected chi connectivity index (χ2v) is 5.00. The molecule has 0 bridgehead atoms. The van der Waals surface area contributed by atoms with E-state index in [1.165, 1.54) is 7.05 Å². The maximum Gasteiger partial charge on any atom is 0.328 e. The molecule has 0 atom stereocenters. The van der Waals surface area contributed by atoms with Crippen molar-refractivity contribution in [3.63, 3.8) is 0 Å². The van der Waals surface area contributed by atoms with Gasteiger partial charge in [0.2, 0.25) is 0 Å². The van der Waals surface area contributed by atoms with Crippen molar-refractivity contribution >= 4 is 29.0 Å². The number of likely N-dealkylation sites (N-methyl/N-ethyl adjacent to an activating group) is 1. The fourth-order valence-corrected chi connectivity index (χ4v) is 2.40. The van der Waals surface area contributed by atoms with E-state index in [4.69, 9.17) is 0 Å². The highest BCUT2D eigenvalue weighted by Gasteiger charge is 2.29. The van der Waals surface area contributed by atoms with E-state index in [1.54, 1.807) is 35.4 Å². The highest BCUT2D eigenvalue weighted by molar-refractivity contribution is 6.13. The Balaban J connectivity index is 2.11. The van der Waals surface area contributed by atoms with E-state index in [9.17, 15) is 14.4 Å². The molecular weight excluding hydrogens is 272 g/mol. The molecule has 0 radical (unpaired) electrons. The molecule has 2 heterocycles. The summed E-state index contributed by atoms with van der Waals surface area (Å²) < 4.78 is 3.10. The highest BCUT2D eigenvalue weighted by Crippen LogP contribution is 2.17. The molecule has 3 rings (SSSR count). The molecule has 1 saturated heterocycles. The number of hydrogen-bond donors (Lipinski definition) is 1. The quantitative estimate of drug-likeness (QED) is 0.609. The van der Waals surface area contributed by atoms with Crippen LogP contribution < -0.4 is 11.0 Å². The number of rotatable bonds is 1. The summed E-state index contributed by atoms with van der Waals surface area (Å²) in [6, 6.07) is 4.97. The molecule has 0 unspecified atom stereocenters. The van der Waals surface area contributed by atoms with Gasteiger partial charge in [0.25, 0.3) is 5.91 Å². The van der Waals surface area contributed by atoms with Gasteiger partial charge in [0, 0.05) is 21.1 Å². The van der Waals surface area contributed by atoms with E-state index >= 15 is 0 Å². The lowest BCUT2D eigenvalue weighted by Crippen LogP contribution is -2.25. The van der Waals surface area contributed by atoms with Gasteiger partial charge in [0.15, 0.2) is 0 Å². The maximum absolute atomic E-state index is 11.9. The molecule has 1 N–H and O–H groups in total. The molecule has 1 aliphatic rings. The standard InChI is InChI=1S/C14H14N4O3/c1-16-10-5-4-8(7-11(10)17(2)14(16)21)6-9-12(19)18(3)13(20)15-9/h4-7H,1-3H3,(H,15,20)/b9-6+. The molecule has 0 aliphatic carbocycles. The van der Waals surface area contributed by atoms with Crippen LogP contribution in [0.4, 0.5) is 4.79 Å². The largest absolute Gasteiger partial charge is 0.328 e. The average Bonchev–Trinajstić information content (AvgIpc) is 2.83. The van der Waals surface area contributed by atoms with Crippen molar-refractivity contribution in [2.75, 3.05) is 7.05 Å². The van der Waals surface area contributed by atoms with Crippen LogP contribution in [-0.4, -0.2) is 33.0 Å². The van der Waals surface area contributed by atoms with Crippen LogP contribution in [0.5, 0.6) is 0 Å². The summed E-state index contributed by atoms with van der Waals surface area (Å²) in [5, 5.41) is 2.51. The number of hydrogen-bond acceptors (Lipinski definition) is 3. The van der Waals surface area contributed by atoms with Gasteiger partial charge in [-0.3, -0.25) is 18.8 Å². The Kier molecular flexibility index (Phi) is 2.72. The summed E-state index contributed by atoms with van der Waals surface area (Å²) in [5.74, 6) is -0.373. The number of fused-ring (bicyclic) bond motifs is 1. The number of urea groups is 1. The number of nitrogens with zero attached hydrogens (tertiary/aromatic N) is 3. The molecule has 7 heteroatoms. The van der Waals surface area contributed by atoms with Gasteiger partial charge in [-0.2, -0.15) is 0 Å². The van der Waals surface area contributed by atoms with E-state index in [1.807, 2.05) is 12.1 Å². The minimum Gasteiger partial charge on any atom is -0.303 e. The molecule has 1 aromatic heterocycles. The number of amides is 3. The Bertz CT molecular complexity index is 872. The summed E-state index contributed by atoms with van der Waals surface area (Å²) in [4.78, 5) is 36.1. The van der Waals surface area contributed by atoms with Crippen molar-refractivity contribution in [3.05, 3.63) is 39.9 Å². The summed E-state index contributed by atoms with van der Waals surface area (Å²) in [6.07, 6.45) is 1.60. The number of carbonyl (C=O) groups excluding carboxylic acids is 2. The van der Waals surface area contributed by atoms with Crippen LogP contribution >= 0.6 is 0 Å². The third-order valence-electron chi connectivity index (χ3n) is 3.69. The van der Waals surface area contributed by atoms with Crippen molar-refractivity contribution in [1.82, 2.24) is 19.4 Å². The number of carbonyl (C=O) groups is 2. The van der Waals surface area contributed by atoms with Gasteiger partial charge in [-0.1, -0.05) is 6.07 Å². The first-order chi connectivity index (χ1) is 9.90. The lowest BCUT2D eigenvalue weighted by atomic mass is 10.1. The van der Waals surface area contributed by atoms with Crippen molar-refractivity contribution in [2.24, 2.45) is 14.1 Å². The Labute approximate surface area is 120 Å². The Morgan fingerprint density at radius 1 is 1.00 bits per heavy atom. The molecule has 1 aliphatic heterocycles. The Morgan fingerprint density at radius 3 is 2.29 bits per heavy atom. The third kappa shape index (κ3) is 1.85. The fourth-order valence-electron chi connectivity index (χ4n) is 2.40. The summed E-state index contributed by atoms with van der Waals surface area (Å²) in [5.41, 5.74) is 2.43. The van der Waals surface area contributed by atoms with Crippen LogP contribution in [0, 0.1) is 0 Å². The van der Waals surface area contributed by atoms with Crippen LogP contribution in [0.2, 0.25) is 0 Å². The van der Waals surface area contributed by atoms with Crippen LogP contribution in [-0.2, 0) is 18.9 Å². The molecule has 0 saturated carbocycles. The van der Waals surface area contributed by atoms with Crippen LogP contribution in [0.25, 0.3) is 17.1 Å². The minimum absolute atomic E-state index is 0.111. The molecule has 21 heavy (non-hydrogen) atoms. The predicted molar refractivity (Wildman–Crippen MR) is 77.4 cm³/mol. The smallest absolute Gasteiger partial charge is 0.303 e. The normalized spacial score (nSPS) is 17.1. The zero-order chi connectivity index (χ0) is 15.3. The highest BCUT2D eigenvalue weighted by atomic mass is 16.2. The van der Waals surface area contributed by atoms with Gasteiger partial charge in [-0.25, -0.2) is 9.59 Å². The van der Waals surface area contributed by atoms with Gasteiger partial charge < -0.3 is 5.32 Å². The van der Waals surface area contributed by atoms with E-state index in [-0.39, 0.29) is 17.3 Å². The van der Waals surface area contributed by atoms with Crippen molar-refractivity contribution in [1.29, 1.82) is 0 Å². The average molecular weight is 286 g/mol. The van der Waals surface area contributed by atoms with Gasteiger partial charge in [-0.15, -0.1) is 0 Å². The van der Waals surface area contributed by atoms with E-state index in [0.717, 1.165) is 21.5 Å². The zero-order valence-corrected chi connectivity index (χ0v) is 11.9. The first-order valence-electron chi connectivity index (χ1n) is 6.36. The Morgan fingerprint density at radius 2 is 1.67 bits per heavy atom. The minimum atomic E-state index is -0.445. The monoisotopic (exact) mass is 286 g/mol. The molecule has 1 aromatic carbocycles. The lowest BCUT2D eigenvalue weighted by Gasteiger charge is -2.00. The number of nitrogens with one attached hydrogen (secondary N) is 1. The number of aromatic nitrogens is 2. The second kappa shape index (κ2) is 4.34. The topological polar surface area (TPSA) is 76.3 Å². The molecular formula is C14H14N4O3. The molecule has 7 nitrogen and oxygen atoms in total. The Hall–Kier alpha value is -2.83. The van der Waals surface area contributed by atoms with E-state index in [0.29, 0.717) is 0 Å². The fraction of sp³-hybridized carbons (Fsp3) is 0.214. The van der Waals surface area contributed by atoms with Crippen molar-refractivity contribution < 1.29 is 9.59 Å². The second-order valence-electron chi connectivity index (χ2n) is 5.00.